The van der Waals surface area contributed by atoms with Crippen LogP contribution in [-0.4, -0.2) is 14.5 Å². The standard InChI is InChI=1S/C40H33N3O/c1-24(2)32-21-27(26-13-6-5-7-14-26)22-33(25(3)4)37(32)43-38-30-16-8-10-19-34(30)41-23-35(38)42-40(43)31-18-12-17-29-28-15-9-11-20-36(28)44-39(29)31/h5-25H,1-4H3. The molecule has 0 amide bonds. The number of rotatable bonds is 5. The number of aromatic nitrogens is 3. The van der Waals surface area contributed by atoms with Gasteiger partial charge in [0, 0.05) is 16.2 Å². The Hall–Kier alpha value is -5.22. The van der Waals surface area contributed by atoms with Crippen LogP contribution >= 0.6 is 0 Å². The molecule has 0 bridgehead atoms. The molecule has 0 unspecified atom stereocenters. The number of benzene rings is 5. The van der Waals surface area contributed by atoms with Crippen molar-refractivity contribution in [1.82, 2.24) is 14.5 Å². The molecule has 8 rings (SSSR count). The molecule has 44 heavy (non-hydrogen) atoms. The molecule has 0 N–H and O–H groups in total. The third-order valence-corrected chi connectivity index (χ3v) is 8.78. The molecule has 4 heteroatoms. The zero-order valence-corrected chi connectivity index (χ0v) is 25.4. The number of imidazole rings is 1. The average molecular weight is 572 g/mol. The monoisotopic (exact) mass is 571 g/mol. The Morgan fingerprint density at radius 1 is 0.614 bits per heavy atom. The van der Waals surface area contributed by atoms with E-state index in [9.17, 15) is 0 Å². The Balaban J connectivity index is 1.55. The number of pyridine rings is 1. The second-order valence-electron chi connectivity index (χ2n) is 12.2. The van der Waals surface area contributed by atoms with E-state index in [-0.39, 0.29) is 11.8 Å². The summed E-state index contributed by atoms with van der Waals surface area (Å²) >= 11 is 0. The average Bonchev–Trinajstić information content (AvgIpc) is 3.63. The van der Waals surface area contributed by atoms with Gasteiger partial charge in [-0.15, -0.1) is 0 Å². The molecule has 0 atom stereocenters. The molecule has 0 saturated heterocycles. The predicted octanol–water partition coefficient (Wildman–Crippen LogP) is 11.1. The molecule has 0 aliphatic rings. The number of fused-ring (bicyclic) bond motifs is 6. The molecule has 4 nitrogen and oxygen atoms in total. The number of nitrogens with zero attached hydrogens (tertiary/aromatic N) is 3. The first-order valence-corrected chi connectivity index (χ1v) is 15.4. The van der Waals surface area contributed by atoms with Gasteiger partial charge in [0.25, 0.3) is 0 Å². The van der Waals surface area contributed by atoms with Crippen molar-refractivity contribution in [2.75, 3.05) is 0 Å². The fourth-order valence-electron chi connectivity index (χ4n) is 6.64. The number of furan rings is 1. The van der Waals surface area contributed by atoms with Gasteiger partial charge < -0.3 is 4.42 Å². The van der Waals surface area contributed by atoms with Gasteiger partial charge in [0.05, 0.1) is 28.5 Å². The Morgan fingerprint density at radius 2 is 1.27 bits per heavy atom. The van der Waals surface area contributed by atoms with Gasteiger partial charge in [-0.3, -0.25) is 9.55 Å². The van der Waals surface area contributed by atoms with Crippen LogP contribution in [-0.2, 0) is 0 Å². The summed E-state index contributed by atoms with van der Waals surface area (Å²) in [5.74, 6) is 1.40. The molecule has 0 aliphatic heterocycles. The van der Waals surface area contributed by atoms with Crippen LogP contribution in [0.4, 0.5) is 0 Å². The van der Waals surface area contributed by atoms with Gasteiger partial charge >= 0.3 is 0 Å². The summed E-state index contributed by atoms with van der Waals surface area (Å²) in [6.07, 6.45) is 1.92. The Morgan fingerprint density at radius 3 is 2.02 bits per heavy atom. The third-order valence-electron chi connectivity index (χ3n) is 8.78. The van der Waals surface area contributed by atoms with Crippen molar-refractivity contribution < 1.29 is 4.42 Å². The quantitative estimate of drug-likeness (QED) is 0.206. The van der Waals surface area contributed by atoms with Gasteiger partial charge in [0.2, 0.25) is 0 Å². The maximum atomic E-state index is 6.58. The number of hydrogen-bond acceptors (Lipinski definition) is 3. The minimum Gasteiger partial charge on any atom is -0.455 e. The molecule has 0 fully saturated rings. The summed E-state index contributed by atoms with van der Waals surface area (Å²) < 4.78 is 8.98. The van der Waals surface area contributed by atoms with E-state index in [1.165, 1.54) is 27.9 Å². The second kappa shape index (κ2) is 10.2. The highest BCUT2D eigenvalue weighted by atomic mass is 16.3. The lowest BCUT2D eigenvalue weighted by molar-refractivity contribution is 0.669. The van der Waals surface area contributed by atoms with Gasteiger partial charge in [-0.25, -0.2) is 4.98 Å². The van der Waals surface area contributed by atoms with E-state index in [2.05, 4.69) is 123 Å². The van der Waals surface area contributed by atoms with E-state index < -0.39 is 0 Å². The van der Waals surface area contributed by atoms with Crippen LogP contribution in [0.1, 0.15) is 50.7 Å². The number of para-hydroxylation sites is 3. The first kappa shape index (κ1) is 26.4. The van der Waals surface area contributed by atoms with Gasteiger partial charge in [-0.2, -0.15) is 0 Å². The summed E-state index contributed by atoms with van der Waals surface area (Å²) in [7, 11) is 0. The van der Waals surface area contributed by atoms with Crippen molar-refractivity contribution in [2.45, 2.75) is 39.5 Å². The highest BCUT2D eigenvalue weighted by Crippen LogP contribution is 2.43. The molecule has 5 aromatic carbocycles. The van der Waals surface area contributed by atoms with E-state index >= 15 is 0 Å². The van der Waals surface area contributed by atoms with Crippen molar-refractivity contribution >= 4 is 43.9 Å². The van der Waals surface area contributed by atoms with Crippen LogP contribution in [0.3, 0.4) is 0 Å². The molecule has 0 saturated carbocycles. The molecular weight excluding hydrogens is 538 g/mol. The fourth-order valence-corrected chi connectivity index (χ4v) is 6.64. The van der Waals surface area contributed by atoms with Gasteiger partial charge in [0.15, 0.2) is 0 Å². The first-order chi connectivity index (χ1) is 21.5. The molecule has 3 aromatic heterocycles. The van der Waals surface area contributed by atoms with Crippen molar-refractivity contribution in [3.8, 4) is 28.2 Å². The topological polar surface area (TPSA) is 43.9 Å². The summed E-state index contributed by atoms with van der Waals surface area (Å²) in [6, 6.07) is 38.5. The van der Waals surface area contributed by atoms with Gasteiger partial charge in [-0.1, -0.05) is 107 Å². The lowest BCUT2D eigenvalue weighted by Gasteiger charge is -2.24. The minimum absolute atomic E-state index is 0.270. The van der Waals surface area contributed by atoms with E-state index in [1.807, 2.05) is 24.4 Å². The fraction of sp³-hybridized carbons (Fsp3) is 0.150. The van der Waals surface area contributed by atoms with Crippen molar-refractivity contribution in [3.63, 3.8) is 0 Å². The summed E-state index contributed by atoms with van der Waals surface area (Å²) in [4.78, 5) is 10.2. The second-order valence-corrected chi connectivity index (χ2v) is 12.2. The van der Waals surface area contributed by atoms with E-state index in [0.717, 1.165) is 55.3 Å². The maximum absolute atomic E-state index is 6.58. The summed E-state index contributed by atoms with van der Waals surface area (Å²) in [5, 5.41) is 3.28. The lowest BCUT2D eigenvalue weighted by Crippen LogP contribution is -2.09. The van der Waals surface area contributed by atoms with E-state index in [1.54, 1.807) is 0 Å². The van der Waals surface area contributed by atoms with Crippen LogP contribution in [0.25, 0.3) is 72.1 Å². The predicted molar refractivity (Wildman–Crippen MR) is 183 cm³/mol. The van der Waals surface area contributed by atoms with Crippen molar-refractivity contribution in [2.24, 2.45) is 0 Å². The van der Waals surface area contributed by atoms with Gasteiger partial charge in [0.1, 0.15) is 22.5 Å². The van der Waals surface area contributed by atoms with Crippen LogP contribution < -0.4 is 0 Å². The highest BCUT2D eigenvalue weighted by molar-refractivity contribution is 6.11. The van der Waals surface area contributed by atoms with Crippen molar-refractivity contribution in [3.05, 3.63) is 127 Å². The maximum Gasteiger partial charge on any atom is 0.149 e. The molecule has 3 heterocycles. The number of hydrogen-bond donors (Lipinski definition) is 0. The zero-order valence-electron chi connectivity index (χ0n) is 25.4. The molecular formula is C40H33N3O. The largest absolute Gasteiger partial charge is 0.455 e. The lowest BCUT2D eigenvalue weighted by atomic mass is 9.88. The smallest absolute Gasteiger partial charge is 0.149 e. The van der Waals surface area contributed by atoms with Gasteiger partial charge in [-0.05, 0) is 64.4 Å². The van der Waals surface area contributed by atoms with Crippen LogP contribution in [0.5, 0.6) is 0 Å². The summed E-state index contributed by atoms with van der Waals surface area (Å²) in [6.45, 7) is 9.15. The van der Waals surface area contributed by atoms with Crippen LogP contribution in [0, 0.1) is 0 Å². The molecule has 0 radical (unpaired) electrons. The summed E-state index contributed by atoms with van der Waals surface area (Å²) in [5.41, 5.74) is 11.8. The molecule has 8 aromatic rings. The molecule has 0 spiro atoms. The normalized spacial score (nSPS) is 12.0. The van der Waals surface area contributed by atoms with E-state index in [4.69, 9.17) is 14.4 Å². The Bertz CT molecular complexity index is 2310. The van der Waals surface area contributed by atoms with Crippen LogP contribution in [0.15, 0.2) is 120 Å². The minimum atomic E-state index is 0.270. The highest BCUT2D eigenvalue weighted by Gasteiger charge is 2.26. The van der Waals surface area contributed by atoms with Crippen LogP contribution in [0.2, 0.25) is 0 Å². The van der Waals surface area contributed by atoms with E-state index in [0.29, 0.717) is 0 Å². The molecule has 214 valence electrons. The molecule has 0 aliphatic carbocycles. The third kappa shape index (κ3) is 4.05. The van der Waals surface area contributed by atoms with Crippen molar-refractivity contribution in [1.29, 1.82) is 0 Å². The Kier molecular flexibility index (Phi) is 6.12. The first-order valence-electron chi connectivity index (χ1n) is 15.4. The Labute approximate surface area is 256 Å². The SMILES string of the molecule is CC(C)c1cc(-c2ccccc2)cc(C(C)C)c1-n1c(-c2cccc3c2oc2ccccc23)nc2cnc3ccccc3c21. The zero-order chi connectivity index (χ0) is 29.9.